The first kappa shape index (κ1) is 16.4. The minimum absolute atomic E-state index is 0.108. The van der Waals surface area contributed by atoms with E-state index in [-0.39, 0.29) is 17.0 Å². The summed E-state index contributed by atoms with van der Waals surface area (Å²) in [5.41, 5.74) is -0.378. The molecule has 21 heavy (non-hydrogen) atoms. The fraction of sp³-hybridized carbons (Fsp3) is 0.385. The smallest absolute Gasteiger partial charge is 0.342 e. The molecule has 1 rings (SSSR count). The van der Waals surface area contributed by atoms with Crippen molar-refractivity contribution >= 4 is 17.6 Å². The molecule has 1 aromatic rings. The molecule has 0 unspecified atom stereocenters. The topological polar surface area (TPSA) is 108 Å². The molecule has 0 heterocycles. The minimum Gasteiger partial charge on any atom is -0.496 e. The van der Waals surface area contributed by atoms with Gasteiger partial charge in [0.2, 0.25) is 0 Å². The first-order chi connectivity index (χ1) is 9.90. The summed E-state index contributed by atoms with van der Waals surface area (Å²) in [6, 6.07) is 3.56. The number of methoxy groups -OCH3 is 1. The third-order valence-corrected chi connectivity index (χ3v) is 2.62. The second-order valence-corrected chi connectivity index (χ2v) is 4.08. The average Bonchev–Trinajstić information content (AvgIpc) is 2.46. The molecule has 0 spiro atoms. The maximum absolute atomic E-state index is 12.0. The van der Waals surface area contributed by atoms with Crippen LogP contribution in [0, 0.1) is 10.1 Å². The molecule has 0 aliphatic carbocycles. The van der Waals surface area contributed by atoms with Gasteiger partial charge < -0.3 is 14.8 Å². The Balaban J connectivity index is 2.97. The Morgan fingerprint density at radius 1 is 1.43 bits per heavy atom. The Kier molecular flexibility index (Phi) is 5.65. The number of carbonyl (C=O) groups is 2. The molecule has 1 amide bonds. The average molecular weight is 296 g/mol. The van der Waals surface area contributed by atoms with E-state index in [1.165, 1.54) is 26.2 Å². The molecule has 0 bridgehead atoms. The highest BCUT2D eigenvalue weighted by Gasteiger charge is 2.23. The van der Waals surface area contributed by atoms with Crippen LogP contribution >= 0.6 is 0 Å². The molecule has 0 aromatic heterocycles. The number of non-ortho nitro benzene ring substituents is 1. The van der Waals surface area contributed by atoms with E-state index in [0.717, 1.165) is 6.07 Å². The quantitative estimate of drug-likeness (QED) is 0.481. The van der Waals surface area contributed by atoms with E-state index in [9.17, 15) is 19.7 Å². The molecular weight excluding hydrogens is 280 g/mol. The van der Waals surface area contributed by atoms with Gasteiger partial charge in [-0.25, -0.2) is 4.79 Å². The van der Waals surface area contributed by atoms with Gasteiger partial charge in [0.25, 0.3) is 11.6 Å². The zero-order chi connectivity index (χ0) is 16.0. The fourth-order valence-corrected chi connectivity index (χ4v) is 1.56. The standard InChI is InChI=1S/C13H16N2O6/c1-4-14-12(16)8(2)21-13(17)10-7-9(15(18)19)5-6-11(10)20-3/h5-8H,4H2,1-3H3,(H,14,16)/t8-/m1/s1. The van der Waals surface area contributed by atoms with E-state index < -0.39 is 22.9 Å². The summed E-state index contributed by atoms with van der Waals surface area (Å²) in [4.78, 5) is 33.6. The lowest BCUT2D eigenvalue weighted by Gasteiger charge is -2.14. The molecule has 8 nitrogen and oxygen atoms in total. The number of esters is 1. The van der Waals surface area contributed by atoms with Crippen molar-refractivity contribution in [1.82, 2.24) is 5.32 Å². The van der Waals surface area contributed by atoms with Crippen LogP contribution in [-0.4, -0.2) is 36.6 Å². The summed E-state index contributed by atoms with van der Waals surface area (Å²) in [7, 11) is 1.32. The molecular formula is C13H16N2O6. The molecule has 0 radical (unpaired) electrons. The summed E-state index contributed by atoms with van der Waals surface area (Å²) < 4.78 is 9.94. The third kappa shape index (κ3) is 4.16. The maximum Gasteiger partial charge on any atom is 0.342 e. The fourth-order valence-electron chi connectivity index (χ4n) is 1.56. The van der Waals surface area contributed by atoms with E-state index in [2.05, 4.69) is 5.32 Å². The van der Waals surface area contributed by atoms with Gasteiger partial charge in [0, 0.05) is 18.7 Å². The summed E-state index contributed by atoms with van der Waals surface area (Å²) in [5, 5.41) is 13.2. The number of likely N-dealkylation sites (N-methyl/N-ethyl adjacent to an activating group) is 1. The minimum atomic E-state index is -1.01. The van der Waals surface area contributed by atoms with Crippen molar-refractivity contribution in [2.75, 3.05) is 13.7 Å². The van der Waals surface area contributed by atoms with Crippen LogP contribution in [-0.2, 0) is 9.53 Å². The molecule has 0 aliphatic rings. The van der Waals surface area contributed by atoms with Crippen LogP contribution < -0.4 is 10.1 Å². The lowest BCUT2D eigenvalue weighted by Crippen LogP contribution is -2.35. The van der Waals surface area contributed by atoms with Gasteiger partial charge in [-0.3, -0.25) is 14.9 Å². The van der Waals surface area contributed by atoms with Crippen molar-refractivity contribution in [3.63, 3.8) is 0 Å². The van der Waals surface area contributed by atoms with Crippen LogP contribution in [0.5, 0.6) is 5.75 Å². The lowest BCUT2D eigenvalue weighted by molar-refractivity contribution is -0.384. The predicted molar refractivity (Wildman–Crippen MR) is 73.2 cm³/mol. The van der Waals surface area contributed by atoms with Crippen molar-refractivity contribution < 1.29 is 24.0 Å². The van der Waals surface area contributed by atoms with Gasteiger partial charge in [-0.1, -0.05) is 0 Å². The van der Waals surface area contributed by atoms with Gasteiger partial charge >= 0.3 is 5.97 Å². The van der Waals surface area contributed by atoms with Gasteiger partial charge in [-0.05, 0) is 19.9 Å². The molecule has 0 aliphatic heterocycles. The zero-order valence-corrected chi connectivity index (χ0v) is 11.9. The second-order valence-electron chi connectivity index (χ2n) is 4.08. The normalized spacial score (nSPS) is 11.4. The Morgan fingerprint density at radius 3 is 2.62 bits per heavy atom. The van der Waals surface area contributed by atoms with Gasteiger partial charge in [0.05, 0.1) is 12.0 Å². The van der Waals surface area contributed by atoms with E-state index in [1.807, 2.05) is 0 Å². The van der Waals surface area contributed by atoms with Crippen LogP contribution in [0.25, 0.3) is 0 Å². The molecule has 1 atom stereocenters. The lowest BCUT2D eigenvalue weighted by atomic mass is 10.1. The Hall–Kier alpha value is -2.64. The molecule has 1 aromatic carbocycles. The van der Waals surface area contributed by atoms with Crippen LogP contribution in [0.15, 0.2) is 18.2 Å². The van der Waals surface area contributed by atoms with Gasteiger partial charge in [0.1, 0.15) is 11.3 Å². The SMILES string of the molecule is CCNC(=O)[C@@H](C)OC(=O)c1cc([N+](=O)[O-])ccc1OC. The number of nitro groups is 1. The summed E-state index contributed by atoms with van der Waals surface area (Å²) in [6.45, 7) is 3.55. The van der Waals surface area contributed by atoms with Crippen LogP contribution in [0.2, 0.25) is 0 Å². The first-order valence-corrected chi connectivity index (χ1v) is 6.21. The van der Waals surface area contributed by atoms with Gasteiger partial charge in [0.15, 0.2) is 6.10 Å². The monoisotopic (exact) mass is 296 g/mol. The number of ether oxygens (including phenoxy) is 2. The number of nitrogens with one attached hydrogen (secondary N) is 1. The van der Waals surface area contributed by atoms with E-state index in [0.29, 0.717) is 6.54 Å². The highest BCUT2D eigenvalue weighted by Crippen LogP contribution is 2.25. The number of carbonyl (C=O) groups excluding carboxylic acids is 2. The maximum atomic E-state index is 12.0. The summed E-state index contributed by atoms with van der Waals surface area (Å²) in [6.07, 6.45) is -1.01. The molecule has 8 heteroatoms. The molecule has 0 fully saturated rings. The number of rotatable bonds is 6. The largest absolute Gasteiger partial charge is 0.496 e. The first-order valence-electron chi connectivity index (χ1n) is 6.21. The Bertz CT molecular complexity index is 558. The number of nitro benzene ring substituents is 1. The zero-order valence-electron chi connectivity index (χ0n) is 11.9. The van der Waals surface area contributed by atoms with Crippen molar-refractivity contribution in [2.24, 2.45) is 0 Å². The highest BCUT2D eigenvalue weighted by molar-refractivity contribution is 5.95. The van der Waals surface area contributed by atoms with Gasteiger partial charge in [-0.15, -0.1) is 0 Å². The van der Waals surface area contributed by atoms with Crippen molar-refractivity contribution in [3.8, 4) is 5.75 Å². The second kappa shape index (κ2) is 7.22. The Morgan fingerprint density at radius 2 is 2.10 bits per heavy atom. The summed E-state index contributed by atoms with van der Waals surface area (Å²) >= 11 is 0. The number of nitrogens with zero attached hydrogens (tertiary/aromatic N) is 1. The molecule has 1 N–H and O–H groups in total. The summed E-state index contributed by atoms with van der Waals surface area (Å²) in [5.74, 6) is -1.18. The van der Waals surface area contributed by atoms with Crippen molar-refractivity contribution in [3.05, 3.63) is 33.9 Å². The highest BCUT2D eigenvalue weighted by atomic mass is 16.6. The van der Waals surface area contributed by atoms with Crippen LogP contribution in [0.3, 0.4) is 0 Å². The third-order valence-electron chi connectivity index (χ3n) is 2.62. The van der Waals surface area contributed by atoms with Gasteiger partial charge in [-0.2, -0.15) is 0 Å². The molecule has 0 saturated heterocycles. The Labute approximate surface area is 121 Å². The van der Waals surface area contributed by atoms with Crippen molar-refractivity contribution in [2.45, 2.75) is 20.0 Å². The number of hydrogen-bond acceptors (Lipinski definition) is 6. The number of hydrogen-bond donors (Lipinski definition) is 1. The van der Waals surface area contributed by atoms with Crippen LogP contribution in [0.4, 0.5) is 5.69 Å². The molecule has 0 saturated carbocycles. The number of amides is 1. The van der Waals surface area contributed by atoms with E-state index in [4.69, 9.17) is 9.47 Å². The number of benzene rings is 1. The predicted octanol–water partition coefficient (Wildman–Crippen LogP) is 1.28. The van der Waals surface area contributed by atoms with Crippen molar-refractivity contribution in [1.29, 1.82) is 0 Å². The molecule has 114 valence electrons. The van der Waals surface area contributed by atoms with E-state index >= 15 is 0 Å². The van der Waals surface area contributed by atoms with E-state index in [1.54, 1.807) is 6.92 Å². The van der Waals surface area contributed by atoms with Crippen LogP contribution in [0.1, 0.15) is 24.2 Å².